The lowest BCUT2D eigenvalue weighted by Crippen LogP contribution is -2.05. The summed E-state index contributed by atoms with van der Waals surface area (Å²) in [6.07, 6.45) is 6.46. The summed E-state index contributed by atoms with van der Waals surface area (Å²) in [6.45, 7) is 4.36. The molecular weight excluding hydrogens is 232 g/mol. The zero-order valence-corrected chi connectivity index (χ0v) is 9.83. The maximum atomic E-state index is 10.9. The molecule has 0 amide bonds. The second kappa shape index (κ2) is 4.87. The SMILES string of the molecule is C=CCCCn1ncc2c(N)c(C(=O)O)cnc21. The third kappa shape index (κ3) is 2.04. The van der Waals surface area contributed by atoms with Crippen LogP contribution < -0.4 is 5.73 Å². The number of allylic oxidation sites excluding steroid dienone is 1. The zero-order valence-electron chi connectivity index (χ0n) is 9.83. The van der Waals surface area contributed by atoms with Crippen LogP contribution in [0.1, 0.15) is 23.2 Å². The summed E-state index contributed by atoms with van der Waals surface area (Å²) in [4.78, 5) is 15.0. The van der Waals surface area contributed by atoms with Gasteiger partial charge in [-0.2, -0.15) is 5.10 Å². The van der Waals surface area contributed by atoms with Gasteiger partial charge in [0.05, 0.1) is 17.3 Å². The van der Waals surface area contributed by atoms with Crippen LogP contribution in [0.4, 0.5) is 5.69 Å². The van der Waals surface area contributed by atoms with Crippen molar-refractivity contribution in [3.63, 3.8) is 0 Å². The third-order valence-corrected chi connectivity index (χ3v) is 2.72. The summed E-state index contributed by atoms with van der Waals surface area (Å²) >= 11 is 0. The Bertz CT molecular complexity index is 603. The van der Waals surface area contributed by atoms with Gasteiger partial charge in [0.15, 0.2) is 5.65 Å². The zero-order chi connectivity index (χ0) is 13.1. The van der Waals surface area contributed by atoms with Crippen LogP contribution in [0.25, 0.3) is 11.0 Å². The number of unbranched alkanes of at least 4 members (excludes halogenated alkanes) is 1. The Morgan fingerprint density at radius 3 is 3.00 bits per heavy atom. The summed E-state index contributed by atoms with van der Waals surface area (Å²) in [5, 5.41) is 13.7. The highest BCUT2D eigenvalue weighted by Crippen LogP contribution is 2.22. The van der Waals surface area contributed by atoms with E-state index in [1.807, 2.05) is 6.08 Å². The molecule has 0 spiro atoms. The molecule has 6 heteroatoms. The molecule has 2 heterocycles. The maximum Gasteiger partial charge on any atom is 0.339 e. The number of hydrogen-bond acceptors (Lipinski definition) is 4. The number of anilines is 1. The second-order valence-electron chi connectivity index (χ2n) is 3.93. The van der Waals surface area contributed by atoms with Gasteiger partial charge in [-0.25, -0.2) is 14.5 Å². The van der Waals surface area contributed by atoms with Crippen molar-refractivity contribution in [1.82, 2.24) is 14.8 Å². The molecule has 0 radical (unpaired) electrons. The average Bonchev–Trinajstić information content (AvgIpc) is 2.74. The molecule has 0 aromatic carbocycles. The number of aromatic carboxylic acids is 1. The summed E-state index contributed by atoms with van der Waals surface area (Å²) in [5.41, 5.74) is 6.63. The number of carbonyl (C=O) groups is 1. The van der Waals surface area contributed by atoms with E-state index in [1.54, 1.807) is 10.9 Å². The van der Waals surface area contributed by atoms with E-state index in [-0.39, 0.29) is 11.3 Å². The predicted molar refractivity (Wildman–Crippen MR) is 68.3 cm³/mol. The van der Waals surface area contributed by atoms with Gasteiger partial charge in [0.1, 0.15) is 5.56 Å². The number of nitrogen functional groups attached to an aromatic ring is 1. The highest BCUT2D eigenvalue weighted by atomic mass is 16.4. The highest BCUT2D eigenvalue weighted by Gasteiger charge is 2.14. The number of rotatable bonds is 5. The molecule has 0 fully saturated rings. The fraction of sp³-hybridized carbons (Fsp3) is 0.250. The van der Waals surface area contributed by atoms with Crippen LogP contribution >= 0.6 is 0 Å². The predicted octanol–water partition coefficient (Wildman–Crippen LogP) is 1.68. The third-order valence-electron chi connectivity index (χ3n) is 2.72. The second-order valence-corrected chi connectivity index (χ2v) is 3.93. The molecule has 0 unspecified atom stereocenters. The topological polar surface area (TPSA) is 94.0 Å². The number of aromatic nitrogens is 3. The summed E-state index contributed by atoms with van der Waals surface area (Å²) in [5.74, 6) is -1.08. The summed E-state index contributed by atoms with van der Waals surface area (Å²) in [6, 6.07) is 0. The highest BCUT2D eigenvalue weighted by molar-refractivity contribution is 6.02. The van der Waals surface area contributed by atoms with Crippen LogP contribution in [-0.2, 0) is 6.54 Å². The largest absolute Gasteiger partial charge is 0.478 e. The standard InChI is InChI=1S/C12H14N4O2/c1-2-3-4-5-16-11-8(7-15-16)10(13)9(6-14-11)12(17)18/h2,6-7H,1,3-5H2,(H2,13,14)(H,17,18). The van der Waals surface area contributed by atoms with Gasteiger partial charge >= 0.3 is 5.97 Å². The maximum absolute atomic E-state index is 10.9. The molecule has 0 aliphatic heterocycles. The lowest BCUT2D eigenvalue weighted by Gasteiger charge is -2.04. The quantitative estimate of drug-likeness (QED) is 0.618. The average molecular weight is 246 g/mol. The molecule has 0 aliphatic carbocycles. The number of carboxylic acids is 1. The Labute approximate surface area is 104 Å². The molecule has 94 valence electrons. The van der Waals surface area contributed by atoms with Crippen LogP contribution in [0.3, 0.4) is 0 Å². The van der Waals surface area contributed by atoms with E-state index < -0.39 is 5.97 Å². The number of fused-ring (bicyclic) bond motifs is 1. The van der Waals surface area contributed by atoms with Gasteiger partial charge in [0.2, 0.25) is 0 Å². The van der Waals surface area contributed by atoms with E-state index in [9.17, 15) is 4.79 Å². The van der Waals surface area contributed by atoms with Crippen molar-refractivity contribution in [1.29, 1.82) is 0 Å². The number of nitrogens with zero attached hydrogens (tertiary/aromatic N) is 3. The van der Waals surface area contributed by atoms with Gasteiger partial charge in [0.25, 0.3) is 0 Å². The molecule has 0 aliphatic rings. The van der Waals surface area contributed by atoms with E-state index in [0.717, 1.165) is 12.8 Å². The molecule has 18 heavy (non-hydrogen) atoms. The molecule has 3 N–H and O–H groups in total. The minimum absolute atomic E-state index is 0.00754. The van der Waals surface area contributed by atoms with Gasteiger partial charge in [-0.3, -0.25) is 0 Å². The number of aryl methyl sites for hydroxylation is 1. The normalized spacial score (nSPS) is 10.7. The van der Waals surface area contributed by atoms with E-state index in [0.29, 0.717) is 17.6 Å². The first-order chi connectivity index (χ1) is 8.65. The Hall–Kier alpha value is -2.37. The molecule has 2 rings (SSSR count). The van der Waals surface area contributed by atoms with E-state index in [1.165, 1.54) is 6.20 Å². The van der Waals surface area contributed by atoms with Crippen molar-refractivity contribution in [2.24, 2.45) is 0 Å². The van der Waals surface area contributed by atoms with Crippen molar-refractivity contribution < 1.29 is 9.90 Å². The van der Waals surface area contributed by atoms with Crippen LogP contribution in [0.5, 0.6) is 0 Å². The fourth-order valence-electron chi connectivity index (χ4n) is 1.76. The van der Waals surface area contributed by atoms with Crippen LogP contribution in [0.15, 0.2) is 25.0 Å². The van der Waals surface area contributed by atoms with Crippen LogP contribution in [0, 0.1) is 0 Å². The molecule has 2 aromatic rings. The van der Waals surface area contributed by atoms with Gasteiger partial charge in [-0.05, 0) is 12.8 Å². The molecule has 6 nitrogen and oxygen atoms in total. The first-order valence-electron chi connectivity index (χ1n) is 5.59. The number of hydrogen-bond donors (Lipinski definition) is 2. The smallest absolute Gasteiger partial charge is 0.339 e. The van der Waals surface area contributed by atoms with Crippen molar-refractivity contribution in [2.45, 2.75) is 19.4 Å². The minimum atomic E-state index is -1.08. The van der Waals surface area contributed by atoms with Crippen molar-refractivity contribution >= 4 is 22.7 Å². The fourth-order valence-corrected chi connectivity index (χ4v) is 1.76. The molecule has 0 saturated carbocycles. The van der Waals surface area contributed by atoms with Crippen LogP contribution in [-0.4, -0.2) is 25.8 Å². The molecule has 0 saturated heterocycles. The van der Waals surface area contributed by atoms with Crippen molar-refractivity contribution in [2.75, 3.05) is 5.73 Å². The Morgan fingerprint density at radius 2 is 2.33 bits per heavy atom. The van der Waals surface area contributed by atoms with Crippen LogP contribution in [0.2, 0.25) is 0 Å². The van der Waals surface area contributed by atoms with E-state index in [2.05, 4.69) is 16.7 Å². The first kappa shape index (κ1) is 12.1. The lowest BCUT2D eigenvalue weighted by atomic mass is 10.2. The van der Waals surface area contributed by atoms with Crippen molar-refractivity contribution in [3.05, 3.63) is 30.6 Å². The van der Waals surface area contributed by atoms with Gasteiger partial charge in [-0.15, -0.1) is 6.58 Å². The summed E-state index contributed by atoms with van der Waals surface area (Å²) in [7, 11) is 0. The number of pyridine rings is 1. The Kier molecular flexibility index (Phi) is 3.27. The number of nitrogens with two attached hydrogens (primary N) is 1. The molecule has 2 aromatic heterocycles. The van der Waals surface area contributed by atoms with E-state index in [4.69, 9.17) is 10.8 Å². The van der Waals surface area contributed by atoms with Gasteiger partial charge in [-0.1, -0.05) is 6.08 Å². The molecular formula is C12H14N4O2. The lowest BCUT2D eigenvalue weighted by molar-refractivity contribution is 0.0698. The van der Waals surface area contributed by atoms with Gasteiger partial charge in [0, 0.05) is 12.7 Å². The summed E-state index contributed by atoms with van der Waals surface area (Å²) < 4.78 is 1.72. The van der Waals surface area contributed by atoms with E-state index >= 15 is 0 Å². The minimum Gasteiger partial charge on any atom is -0.478 e. The molecule has 0 bridgehead atoms. The van der Waals surface area contributed by atoms with Crippen molar-refractivity contribution in [3.8, 4) is 0 Å². The Morgan fingerprint density at radius 1 is 1.56 bits per heavy atom. The van der Waals surface area contributed by atoms with Gasteiger partial charge < -0.3 is 10.8 Å². The monoisotopic (exact) mass is 246 g/mol. The first-order valence-corrected chi connectivity index (χ1v) is 5.59. The molecule has 0 atom stereocenters. The number of carboxylic acid groups (broad SMARTS) is 1. The Balaban J connectivity index is 2.39.